The average Bonchev–Trinajstić information content (AvgIpc) is 3.33. The van der Waals surface area contributed by atoms with Crippen LogP contribution in [0.25, 0.3) is 0 Å². The summed E-state index contributed by atoms with van der Waals surface area (Å²) in [4.78, 5) is 145. The maximum atomic E-state index is 14.1. The van der Waals surface area contributed by atoms with Crippen molar-refractivity contribution in [1.82, 2.24) is 42.1 Å². The number of phenols is 1. The van der Waals surface area contributed by atoms with Gasteiger partial charge >= 0.3 is 0 Å². The van der Waals surface area contributed by atoms with Crippen LogP contribution < -0.4 is 60.2 Å². The van der Waals surface area contributed by atoms with Crippen molar-refractivity contribution in [2.75, 3.05) is 32.0 Å². The standard InChI is InChI=1S/C45H70N12O14S2/c1-7-24(5)38(56-44(70)32(16-26-9-11-27(59)12-10-26)54-40(66)29(46)22-73-72-8-2)45(71)52-30(13-14-34(47)61)43(69)55-33(17-35(48)62)42(68)51-19-37(64)57(20-28(60)21-58)25(6)39(65)53-31(15-23(3)4)41(67)50-18-36(49)63/h2,9-12,23-25,28-33,38,58-60H,7,13-22,46H2,1,3-6H3,(H2,47,61)(H2,48,62)(H2,49,63)(H,50,67)(H,51,68)(H,52,71)(H,53,65)(H,54,66)(H,55,69)(H,56,70)/t24-,25+,28+,29-,30-,31-,32-,33-,38-/m0/s1. The molecule has 73 heavy (non-hydrogen) atoms. The maximum absolute atomic E-state index is 14.1. The average molecular weight is 1070 g/mol. The van der Waals surface area contributed by atoms with E-state index in [1.165, 1.54) is 31.2 Å². The van der Waals surface area contributed by atoms with Gasteiger partial charge in [-0.1, -0.05) is 57.0 Å². The Hall–Kier alpha value is -6.67. The van der Waals surface area contributed by atoms with E-state index in [2.05, 4.69) is 42.5 Å². The Morgan fingerprint density at radius 2 is 1.27 bits per heavy atom. The van der Waals surface area contributed by atoms with Crippen LogP contribution in [0.5, 0.6) is 5.75 Å². The first-order valence-corrected chi connectivity index (χ1v) is 25.3. The highest BCUT2D eigenvalue weighted by atomic mass is 33.1. The SMILES string of the molecule is C#CSSC[C@H](N)C(=O)N[C@@H](Cc1ccc(O)cc1)C(=O)N[C@H](C(=O)N[C@@H](CCC(N)=O)C(=O)N[C@@H](CC(N)=O)C(=O)NCC(=O)N(C[C@@H](O)CO)[C@H](C)C(=O)N[C@@H](CC(C)C)C(=O)NCC(N)=O)[C@@H](C)CC. The molecule has 0 spiro atoms. The van der Waals surface area contributed by atoms with Crippen LogP contribution in [0, 0.1) is 23.5 Å². The van der Waals surface area contributed by atoms with Gasteiger partial charge in [0, 0.05) is 25.1 Å². The molecule has 0 fully saturated rings. The smallest absolute Gasteiger partial charge is 0.243 e. The minimum atomic E-state index is -1.83. The third kappa shape index (κ3) is 24.5. The molecule has 28 heteroatoms. The largest absolute Gasteiger partial charge is 0.508 e. The van der Waals surface area contributed by atoms with Gasteiger partial charge in [0.1, 0.15) is 42.0 Å². The van der Waals surface area contributed by atoms with Crippen molar-refractivity contribution in [1.29, 1.82) is 0 Å². The van der Waals surface area contributed by atoms with Crippen LogP contribution in [-0.2, 0) is 59.2 Å². The van der Waals surface area contributed by atoms with Crippen molar-refractivity contribution in [3.63, 3.8) is 0 Å². The number of carbonyl (C=O) groups excluding carboxylic acids is 11. The number of hydrogen-bond acceptors (Lipinski definition) is 17. The molecule has 18 N–H and O–H groups in total. The fourth-order valence-corrected chi connectivity index (χ4v) is 7.89. The lowest BCUT2D eigenvalue weighted by molar-refractivity contribution is -0.143. The summed E-state index contributed by atoms with van der Waals surface area (Å²) in [6.07, 6.45) is 2.10. The summed E-state index contributed by atoms with van der Waals surface area (Å²) in [6, 6.07) is -4.22. The summed E-state index contributed by atoms with van der Waals surface area (Å²) in [5, 5.41) is 48.9. The van der Waals surface area contributed by atoms with E-state index in [-0.39, 0.29) is 36.7 Å². The number of primary amides is 3. The molecule has 0 saturated carbocycles. The van der Waals surface area contributed by atoms with E-state index in [4.69, 9.17) is 29.4 Å². The van der Waals surface area contributed by atoms with Crippen molar-refractivity contribution < 1.29 is 68.1 Å². The zero-order chi connectivity index (χ0) is 55.5. The number of aromatic hydroxyl groups is 1. The molecule has 1 aromatic rings. The van der Waals surface area contributed by atoms with Gasteiger partial charge in [-0.25, -0.2) is 0 Å². The number of rotatable bonds is 34. The molecule has 0 radical (unpaired) electrons. The van der Waals surface area contributed by atoms with Crippen LogP contribution in [0.3, 0.4) is 0 Å². The van der Waals surface area contributed by atoms with Gasteiger partial charge < -0.3 is 80.4 Å². The quantitative estimate of drug-likeness (QED) is 0.0175. The van der Waals surface area contributed by atoms with Crippen LogP contribution in [0.2, 0.25) is 0 Å². The maximum Gasteiger partial charge on any atom is 0.243 e. The van der Waals surface area contributed by atoms with E-state index >= 15 is 0 Å². The van der Waals surface area contributed by atoms with Crippen molar-refractivity contribution in [2.24, 2.45) is 34.8 Å². The van der Waals surface area contributed by atoms with E-state index in [0.29, 0.717) is 5.56 Å². The first-order chi connectivity index (χ1) is 34.2. The second-order valence-corrected chi connectivity index (χ2v) is 19.5. The van der Waals surface area contributed by atoms with Crippen molar-refractivity contribution in [2.45, 2.75) is 122 Å². The van der Waals surface area contributed by atoms with Crippen molar-refractivity contribution >= 4 is 86.6 Å². The molecule has 0 aliphatic heterocycles. The molecule has 0 unspecified atom stereocenters. The molecule has 9 atom stereocenters. The highest BCUT2D eigenvalue weighted by Crippen LogP contribution is 2.20. The van der Waals surface area contributed by atoms with Crippen LogP contribution in [-0.4, -0.2) is 166 Å². The summed E-state index contributed by atoms with van der Waals surface area (Å²) in [7, 11) is 2.15. The lowest BCUT2D eigenvalue weighted by Crippen LogP contribution is -2.61. The Kier molecular flexibility index (Phi) is 29.2. The lowest BCUT2D eigenvalue weighted by Gasteiger charge is -2.31. The van der Waals surface area contributed by atoms with E-state index < -0.39 is 165 Å². The van der Waals surface area contributed by atoms with E-state index in [0.717, 1.165) is 26.5 Å². The number of carbonyl (C=O) groups is 11. The van der Waals surface area contributed by atoms with Crippen LogP contribution in [0.1, 0.15) is 72.3 Å². The Bertz CT molecular complexity index is 2130. The van der Waals surface area contributed by atoms with Crippen molar-refractivity contribution in [3.8, 4) is 17.4 Å². The number of benzene rings is 1. The monoisotopic (exact) mass is 1070 g/mol. The Balaban J connectivity index is 3.43. The van der Waals surface area contributed by atoms with E-state index in [1.807, 2.05) is 0 Å². The molecular weight excluding hydrogens is 997 g/mol. The minimum absolute atomic E-state index is 0.0621. The summed E-state index contributed by atoms with van der Waals surface area (Å²) < 4.78 is 0. The molecule has 0 aromatic heterocycles. The number of amides is 11. The predicted molar refractivity (Wildman–Crippen MR) is 269 cm³/mol. The number of nitrogens with one attached hydrogen (secondary N) is 7. The van der Waals surface area contributed by atoms with Gasteiger partial charge in [0.25, 0.3) is 0 Å². The summed E-state index contributed by atoms with van der Waals surface area (Å²) >= 11 is 0. The Morgan fingerprint density at radius 3 is 1.82 bits per heavy atom. The summed E-state index contributed by atoms with van der Waals surface area (Å²) in [5.41, 5.74) is 22.4. The van der Waals surface area contributed by atoms with Gasteiger partial charge in [0.05, 0.1) is 38.3 Å². The van der Waals surface area contributed by atoms with Gasteiger partial charge in [-0.15, -0.1) is 6.42 Å². The van der Waals surface area contributed by atoms with Gasteiger partial charge in [-0.3, -0.25) is 52.7 Å². The predicted octanol–water partition coefficient (Wildman–Crippen LogP) is -4.82. The minimum Gasteiger partial charge on any atom is -0.508 e. The van der Waals surface area contributed by atoms with Crippen LogP contribution in [0.4, 0.5) is 0 Å². The zero-order valence-corrected chi connectivity index (χ0v) is 43.0. The molecule has 0 aliphatic rings. The molecule has 26 nitrogen and oxygen atoms in total. The van der Waals surface area contributed by atoms with Gasteiger partial charge in [-0.2, -0.15) is 0 Å². The second kappa shape index (κ2) is 33.1. The van der Waals surface area contributed by atoms with Crippen molar-refractivity contribution in [3.05, 3.63) is 29.8 Å². The van der Waals surface area contributed by atoms with Crippen LogP contribution >= 0.6 is 21.6 Å². The van der Waals surface area contributed by atoms with E-state index in [9.17, 15) is 68.1 Å². The molecule has 406 valence electrons. The van der Waals surface area contributed by atoms with E-state index in [1.54, 1.807) is 27.7 Å². The highest BCUT2D eigenvalue weighted by Gasteiger charge is 2.36. The topological polar surface area (TPSA) is 440 Å². The molecule has 1 rings (SSSR count). The number of aliphatic hydroxyl groups excluding tert-OH is 2. The number of aliphatic hydroxyl groups is 2. The normalized spacial score (nSPS) is 14.6. The second-order valence-electron chi connectivity index (χ2n) is 17.3. The summed E-state index contributed by atoms with van der Waals surface area (Å²) in [5.74, 6) is -11.1. The molecule has 0 heterocycles. The third-order valence-corrected chi connectivity index (χ3v) is 12.6. The molecule has 0 aliphatic carbocycles. The molecule has 0 bridgehead atoms. The van der Waals surface area contributed by atoms with Gasteiger partial charge in [0.2, 0.25) is 65.0 Å². The van der Waals surface area contributed by atoms with Gasteiger partial charge in [-0.05, 0) is 65.3 Å². The molecule has 0 saturated heterocycles. The fraction of sp³-hybridized carbons (Fsp3) is 0.578. The molecule has 1 aromatic carbocycles. The first-order valence-electron chi connectivity index (χ1n) is 23.0. The van der Waals surface area contributed by atoms with Gasteiger partial charge in [0.15, 0.2) is 0 Å². The molecular formula is C45H70N12O14S2. The first kappa shape index (κ1) is 64.3. The van der Waals surface area contributed by atoms with Crippen LogP contribution in [0.15, 0.2) is 24.3 Å². The Morgan fingerprint density at radius 1 is 0.712 bits per heavy atom. The Labute approximate surface area is 430 Å². The lowest BCUT2D eigenvalue weighted by atomic mass is 9.96. The summed E-state index contributed by atoms with van der Waals surface area (Å²) in [6.45, 7) is 5.08. The number of hydrogen-bond donors (Lipinski definition) is 14. The number of phenolic OH excluding ortho intramolecular Hbond substituents is 1. The highest BCUT2D eigenvalue weighted by molar-refractivity contribution is 8.78. The number of nitrogens with two attached hydrogens (primary N) is 4. The number of terminal acetylenes is 1. The third-order valence-electron chi connectivity index (χ3n) is 10.8. The zero-order valence-electron chi connectivity index (χ0n) is 41.3. The number of nitrogens with zero attached hydrogens (tertiary/aromatic N) is 1. The molecule has 11 amide bonds. The fourth-order valence-electron chi connectivity index (χ4n) is 6.61.